The molecule has 0 aliphatic carbocycles. The third kappa shape index (κ3) is 3.49. The van der Waals surface area contributed by atoms with Crippen LogP contribution in [0.4, 0.5) is 4.79 Å². The van der Waals surface area contributed by atoms with Crippen molar-refractivity contribution in [1.29, 1.82) is 0 Å². The van der Waals surface area contributed by atoms with E-state index in [-0.39, 0.29) is 17.0 Å². The molecule has 24 heavy (non-hydrogen) atoms. The molecule has 2 N–H and O–H groups in total. The lowest BCUT2D eigenvalue weighted by Crippen LogP contribution is -2.42. The summed E-state index contributed by atoms with van der Waals surface area (Å²) in [6.07, 6.45) is 1.96. The van der Waals surface area contributed by atoms with Crippen molar-refractivity contribution in [1.82, 2.24) is 19.9 Å². The highest BCUT2D eigenvalue weighted by molar-refractivity contribution is 7.89. The van der Waals surface area contributed by atoms with Gasteiger partial charge in [0.1, 0.15) is 4.90 Å². The van der Waals surface area contributed by atoms with Gasteiger partial charge in [-0.25, -0.2) is 17.9 Å². The molecule has 2 aromatic rings. The van der Waals surface area contributed by atoms with Gasteiger partial charge in [-0.15, -0.1) is 0 Å². The molecular weight excluding hydrogens is 328 g/mol. The van der Waals surface area contributed by atoms with Crippen molar-refractivity contribution in [2.75, 3.05) is 19.6 Å². The maximum absolute atomic E-state index is 12.6. The van der Waals surface area contributed by atoms with Gasteiger partial charge in [-0.05, 0) is 25.5 Å². The highest BCUT2D eigenvalue weighted by Crippen LogP contribution is 2.18. The quantitative estimate of drug-likeness (QED) is 0.872. The second kappa shape index (κ2) is 6.74. The van der Waals surface area contributed by atoms with Crippen molar-refractivity contribution in [3.05, 3.63) is 36.5 Å². The molecule has 1 fully saturated rings. The average Bonchev–Trinajstić information content (AvgIpc) is 3.02. The Bertz CT molecular complexity index is 853. The van der Waals surface area contributed by atoms with Crippen molar-refractivity contribution in [2.45, 2.75) is 24.3 Å². The SMILES string of the molecule is CCNC(=O)N1CC[C@H](NS(=O)(=O)c2cnc3ccccc3c2)C1. The Kier molecular flexibility index (Phi) is 4.68. The molecule has 1 aromatic carbocycles. The number of carbonyl (C=O) groups is 1. The molecule has 7 nitrogen and oxygen atoms in total. The summed E-state index contributed by atoms with van der Waals surface area (Å²) >= 11 is 0. The molecule has 0 unspecified atom stereocenters. The van der Waals surface area contributed by atoms with E-state index in [0.29, 0.717) is 26.1 Å². The first-order chi connectivity index (χ1) is 11.5. The van der Waals surface area contributed by atoms with Crippen LogP contribution in [0.15, 0.2) is 41.4 Å². The lowest BCUT2D eigenvalue weighted by atomic mass is 10.2. The van der Waals surface area contributed by atoms with E-state index >= 15 is 0 Å². The molecule has 2 amide bonds. The molecule has 0 radical (unpaired) electrons. The number of para-hydroxylation sites is 1. The molecule has 1 aliphatic heterocycles. The van der Waals surface area contributed by atoms with Crippen LogP contribution in [0.3, 0.4) is 0 Å². The zero-order valence-corrected chi connectivity index (χ0v) is 14.2. The number of nitrogens with one attached hydrogen (secondary N) is 2. The van der Waals surface area contributed by atoms with Gasteiger partial charge < -0.3 is 10.2 Å². The van der Waals surface area contributed by atoms with Gasteiger partial charge in [0, 0.05) is 37.3 Å². The Morgan fingerprint density at radius 3 is 2.96 bits per heavy atom. The van der Waals surface area contributed by atoms with Crippen LogP contribution >= 0.6 is 0 Å². The van der Waals surface area contributed by atoms with E-state index in [4.69, 9.17) is 0 Å². The van der Waals surface area contributed by atoms with Gasteiger partial charge in [0.05, 0.1) is 5.52 Å². The van der Waals surface area contributed by atoms with Crippen molar-refractivity contribution < 1.29 is 13.2 Å². The summed E-state index contributed by atoms with van der Waals surface area (Å²) in [6.45, 7) is 3.30. The van der Waals surface area contributed by atoms with E-state index in [1.165, 1.54) is 6.20 Å². The molecule has 1 aliphatic rings. The van der Waals surface area contributed by atoms with Gasteiger partial charge in [0.25, 0.3) is 0 Å². The Labute approximate surface area is 141 Å². The lowest BCUT2D eigenvalue weighted by molar-refractivity contribution is 0.208. The highest BCUT2D eigenvalue weighted by atomic mass is 32.2. The predicted octanol–water partition coefficient (Wildman–Crippen LogP) is 1.32. The summed E-state index contributed by atoms with van der Waals surface area (Å²) in [5, 5.41) is 3.50. The molecule has 1 atom stereocenters. The smallest absolute Gasteiger partial charge is 0.317 e. The monoisotopic (exact) mass is 348 g/mol. The molecule has 0 bridgehead atoms. The van der Waals surface area contributed by atoms with Crippen LogP contribution in [0.25, 0.3) is 10.9 Å². The highest BCUT2D eigenvalue weighted by Gasteiger charge is 2.29. The van der Waals surface area contributed by atoms with Crippen LogP contribution in [0.2, 0.25) is 0 Å². The van der Waals surface area contributed by atoms with Crippen LogP contribution in [-0.4, -0.2) is 50.0 Å². The number of nitrogens with zero attached hydrogens (tertiary/aromatic N) is 2. The third-order valence-electron chi connectivity index (χ3n) is 4.00. The Hall–Kier alpha value is -2.19. The number of hydrogen-bond donors (Lipinski definition) is 2. The number of pyridine rings is 1. The van der Waals surface area contributed by atoms with Gasteiger partial charge in [0.15, 0.2) is 0 Å². The Balaban J connectivity index is 1.73. The first-order valence-corrected chi connectivity index (χ1v) is 9.38. The topological polar surface area (TPSA) is 91.4 Å². The molecular formula is C16H20N4O3S. The van der Waals surface area contributed by atoms with Gasteiger partial charge in [-0.1, -0.05) is 18.2 Å². The first kappa shape index (κ1) is 16.7. The predicted molar refractivity (Wildman–Crippen MR) is 91.1 cm³/mol. The van der Waals surface area contributed by atoms with Crippen LogP contribution in [0.5, 0.6) is 0 Å². The second-order valence-electron chi connectivity index (χ2n) is 5.75. The molecule has 128 valence electrons. The molecule has 0 saturated carbocycles. The van der Waals surface area contributed by atoms with Gasteiger partial charge in [0.2, 0.25) is 10.0 Å². The summed E-state index contributed by atoms with van der Waals surface area (Å²) in [6, 6.07) is 8.52. The molecule has 1 saturated heterocycles. The summed E-state index contributed by atoms with van der Waals surface area (Å²) in [7, 11) is -3.67. The van der Waals surface area contributed by atoms with E-state index in [1.807, 2.05) is 31.2 Å². The maximum atomic E-state index is 12.6. The van der Waals surface area contributed by atoms with E-state index in [2.05, 4.69) is 15.0 Å². The molecule has 3 rings (SSSR count). The summed E-state index contributed by atoms with van der Waals surface area (Å²) in [5.74, 6) is 0. The minimum Gasteiger partial charge on any atom is -0.338 e. The molecule has 0 spiro atoms. The number of urea groups is 1. The fourth-order valence-corrected chi connectivity index (χ4v) is 4.03. The van der Waals surface area contributed by atoms with Gasteiger partial charge in [-0.2, -0.15) is 0 Å². The first-order valence-electron chi connectivity index (χ1n) is 7.89. The van der Waals surface area contributed by atoms with Crippen molar-refractivity contribution in [2.24, 2.45) is 0 Å². The number of amides is 2. The van der Waals surface area contributed by atoms with Gasteiger partial charge >= 0.3 is 6.03 Å². The minimum atomic E-state index is -3.67. The van der Waals surface area contributed by atoms with E-state index in [1.54, 1.807) is 11.0 Å². The number of hydrogen-bond acceptors (Lipinski definition) is 4. The van der Waals surface area contributed by atoms with Crippen LogP contribution < -0.4 is 10.0 Å². The fraction of sp³-hybridized carbons (Fsp3) is 0.375. The zero-order valence-electron chi connectivity index (χ0n) is 13.4. The number of aromatic nitrogens is 1. The largest absolute Gasteiger partial charge is 0.338 e. The lowest BCUT2D eigenvalue weighted by Gasteiger charge is -2.17. The van der Waals surface area contributed by atoms with Crippen LogP contribution in [0, 0.1) is 0 Å². The van der Waals surface area contributed by atoms with E-state index in [9.17, 15) is 13.2 Å². The third-order valence-corrected chi connectivity index (χ3v) is 5.49. The minimum absolute atomic E-state index is 0.137. The Morgan fingerprint density at radius 2 is 2.17 bits per heavy atom. The maximum Gasteiger partial charge on any atom is 0.317 e. The molecule has 2 heterocycles. The Morgan fingerprint density at radius 1 is 1.38 bits per heavy atom. The number of likely N-dealkylation sites (tertiary alicyclic amines) is 1. The van der Waals surface area contributed by atoms with Gasteiger partial charge in [-0.3, -0.25) is 4.98 Å². The van der Waals surface area contributed by atoms with Crippen molar-refractivity contribution in [3.8, 4) is 0 Å². The summed E-state index contributed by atoms with van der Waals surface area (Å²) in [4.78, 5) is 17.8. The van der Waals surface area contributed by atoms with Crippen LogP contribution in [-0.2, 0) is 10.0 Å². The number of fused-ring (bicyclic) bond motifs is 1. The fourth-order valence-electron chi connectivity index (χ4n) is 2.79. The number of benzene rings is 1. The zero-order chi connectivity index (χ0) is 17.2. The molecule has 8 heteroatoms. The second-order valence-corrected chi connectivity index (χ2v) is 7.47. The number of rotatable bonds is 4. The summed E-state index contributed by atoms with van der Waals surface area (Å²) in [5.41, 5.74) is 0.750. The summed E-state index contributed by atoms with van der Waals surface area (Å²) < 4.78 is 27.8. The molecule has 1 aromatic heterocycles. The number of carbonyl (C=O) groups excluding carboxylic acids is 1. The van der Waals surface area contributed by atoms with E-state index < -0.39 is 10.0 Å². The van der Waals surface area contributed by atoms with E-state index in [0.717, 1.165) is 10.9 Å². The van der Waals surface area contributed by atoms with Crippen molar-refractivity contribution >= 4 is 27.0 Å². The normalized spacial score (nSPS) is 18.0. The van der Waals surface area contributed by atoms with Crippen molar-refractivity contribution in [3.63, 3.8) is 0 Å². The standard InChI is InChI=1S/C16H20N4O3S/c1-2-17-16(21)20-8-7-13(11-20)19-24(22,23)14-9-12-5-3-4-6-15(12)18-10-14/h3-6,9-10,13,19H,2,7-8,11H2,1H3,(H,17,21)/t13-/m0/s1. The number of sulfonamides is 1. The van der Waals surface area contributed by atoms with Crippen LogP contribution in [0.1, 0.15) is 13.3 Å². The average molecular weight is 348 g/mol.